The summed E-state index contributed by atoms with van der Waals surface area (Å²) in [5.74, 6) is 0.0315. The van der Waals surface area contributed by atoms with E-state index in [4.69, 9.17) is 0 Å². The molecular formula is C11H10NOY-. The number of aryl methyl sites for hydroxylation is 1. The molecule has 69 valence electrons. The second kappa shape index (κ2) is 3.95. The molecule has 1 aliphatic heterocycles. The molecule has 0 atom stereocenters. The predicted octanol–water partition coefficient (Wildman–Crippen LogP) is 1.94. The van der Waals surface area contributed by atoms with E-state index in [1.165, 1.54) is 0 Å². The van der Waals surface area contributed by atoms with Gasteiger partial charge in [0.1, 0.15) is 0 Å². The van der Waals surface area contributed by atoms with Crippen molar-refractivity contribution in [2.24, 2.45) is 0 Å². The zero-order chi connectivity index (χ0) is 9.59. The summed E-state index contributed by atoms with van der Waals surface area (Å²) >= 11 is 0. The Bertz CT molecular complexity index is 412. The van der Waals surface area contributed by atoms with Crippen LogP contribution in [0.4, 0.5) is 5.69 Å². The van der Waals surface area contributed by atoms with Gasteiger partial charge in [0.2, 0.25) is 0 Å². The number of carbonyl (C=O) groups excluding carboxylic acids is 1. The molecule has 0 saturated carbocycles. The third-order valence-corrected chi connectivity index (χ3v) is 2.43. The van der Waals surface area contributed by atoms with Gasteiger partial charge in [-0.05, 0) is 7.05 Å². The maximum Gasteiger partial charge on any atom is 0.186 e. The predicted molar refractivity (Wildman–Crippen MR) is 51.9 cm³/mol. The zero-order valence-electron chi connectivity index (χ0n) is 8.29. The zero-order valence-corrected chi connectivity index (χ0v) is 11.1. The quantitative estimate of drug-likeness (QED) is 0.525. The fraction of sp³-hybridized carbons (Fsp3) is 0.182. The molecule has 1 heterocycles. The molecule has 2 rings (SSSR count). The van der Waals surface area contributed by atoms with Crippen LogP contribution >= 0.6 is 0 Å². The first-order valence-corrected chi connectivity index (χ1v) is 4.11. The first-order chi connectivity index (χ1) is 6.13. The third-order valence-electron chi connectivity index (χ3n) is 2.43. The molecule has 0 spiro atoms. The van der Waals surface area contributed by atoms with Crippen molar-refractivity contribution < 1.29 is 37.5 Å². The van der Waals surface area contributed by atoms with Gasteiger partial charge in [-0.2, -0.15) is 18.2 Å². The normalized spacial score (nSPS) is 14.0. The summed E-state index contributed by atoms with van der Waals surface area (Å²) in [5.41, 5.74) is 3.19. The van der Waals surface area contributed by atoms with Crippen LogP contribution in [0.2, 0.25) is 0 Å². The molecule has 0 bridgehead atoms. The molecule has 2 nitrogen and oxygen atoms in total. The minimum absolute atomic E-state index is 0. The Labute approximate surface area is 109 Å². The number of anilines is 1. The van der Waals surface area contributed by atoms with Gasteiger partial charge >= 0.3 is 0 Å². The van der Waals surface area contributed by atoms with Crippen LogP contribution in [0.15, 0.2) is 24.4 Å². The Morgan fingerprint density at radius 1 is 1.43 bits per heavy atom. The van der Waals surface area contributed by atoms with Crippen molar-refractivity contribution in [1.29, 1.82) is 0 Å². The number of ketones is 1. The molecule has 3 heteroatoms. The van der Waals surface area contributed by atoms with Gasteiger partial charge in [0.25, 0.3) is 0 Å². The van der Waals surface area contributed by atoms with E-state index in [0.717, 1.165) is 16.8 Å². The number of likely N-dealkylation sites (N-methyl/N-ethyl adjacent to an activating group) is 1. The van der Waals surface area contributed by atoms with Gasteiger partial charge in [-0.1, -0.05) is 24.8 Å². The third kappa shape index (κ3) is 1.47. The Balaban J connectivity index is 0.000000980. The summed E-state index contributed by atoms with van der Waals surface area (Å²) in [6.45, 7) is 5.65. The summed E-state index contributed by atoms with van der Waals surface area (Å²) in [7, 11) is 1.85. The Hall–Kier alpha value is -0.466. The van der Waals surface area contributed by atoms with Crippen molar-refractivity contribution in [2.75, 3.05) is 11.9 Å². The molecule has 0 unspecified atom stereocenters. The molecule has 1 aromatic carbocycles. The number of allylic oxidation sites excluding steroid dienone is 1. The Morgan fingerprint density at radius 2 is 2.07 bits per heavy atom. The molecule has 14 heavy (non-hydrogen) atoms. The van der Waals surface area contributed by atoms with Gasteiger partial charge in [0.15, 0.2) is 5.78 Å². The number of hydrogen-bond donors (Lipinski definition) is 0. The Morgan fingerprint density at radius 3 is 2.64 bits per heavy atom. The number of nitrogens with zero attached hydrogens (tertiary/aromatic N) is 1. The van der Waals surface area contributed by atoms with Crippen LogP contribution in [0, 0.1) is 13.0 Å². The number of benzene rings is 1. The van der Waals surface area contributed by atoms with Crippen LogP contribution < -0.4 is 4.90 Å². The first kappa shape index (κ1) is 11.6. The van der Waals surface area contributed by atoms with Crippen LogP contribution in [-0.2, 0) is 32.7 Å². The SMILES string of the molecule is C=C1C(=O)c2c(C)c[c-]cc2N1C.[Y]. The van der Waals surface area contributed by atoms with Crippen LogP contribution in [0.1, 0.15) is 15.9 Å². The van der Waals surface area contributed by atoms with Gasteiger partial charge in [-0.25, -0.2) is 0 Å². The van der Waals surface area contributed by atoms with E-state index >= 15 is 0 Å². The van der Waals surface area contributed by atoms with Crippen molar-refractivity contribution in [3.63, 3.8) is 0 Å². The fourth-order valence-corrected chi connectivity index (χ4v) is 1.59. The molecule has 1 radical (unpaired) electrons. The summed E-state index contributed by atoms with van der Waals surface area (Å²) < 4.78 is 0. The fourth-order valence-electron chi connectivity index (χ4n) is 1.59. The number of Topliss-reactive ketones (excluding diaryl/α,β-unsaturated/α-hetero) is 1. The Kier molecular flexibility index (Phi) is 3.28. The molecular weight excluding hydrogens is 251 g/mol. The monoisotopic (exact) mass is 261 g/mol. The number of hydrogen-bond acceptors (Lipinski definition) is 2. The summed E-state index contributed by atoms with van der Waals surface area (Å²) in [5, 5.41) is 0. The van der Waals surface area contributed by atoms with E-state index in [-0.39, 0.29) is 38.5 Å². The van der Waals surface area contributed by atoms with Gasteiger partial charge in [0.05, 0.1) is 5.70 Å². The number of carbonyl (C=O) groups is 1. The average Bonchev–Trinajstić information content (AvgIpc) is 2.33. The largest absolute Gasteiger partial charge is 0.395 e. The standard InChI is InChI=1S/C11H10NO.Y/c1-7-5-4-6-9-10(7)11(13)8(2)12(9)3;/h5-6H,2H2,1,3H3;/q-1;. The molecule has 1 aliphatic rings. The van der Waals surface area contributed by atoms with Crippen LogP contribution in [0.25, 0.3) is 0 Å². The summed E-state index contributed by atoms with van der Waals surface area (Å²) in [6, 6.07) is 6.64. The van der Waals surface area contributed by atoms with E-state index in [1.807, 2.05) is 26.1 Å². The molecule has 0 fully saturated rings. The van der Waals surface area contributed by atoms with Crippen molar-refractivity contribution in [2.45, 2.75) is 6.92 Å². The van der Waals surface area contributed by atoms with Crippen molar-refractivity contribution >= 4 is 11.5 Å². The maximum atomic E-state index is 11.7. The van der Waals surface area contributed by atoms with Crippen molar-refractivity contribution in [3.8, 4) is 0 Å². The molecule has 0 saturated heterocycles. The minimum Gasteiger partial charge on any atom is -0.395 e. The first-order valence-electron chi connectivity index (χ1n) is 4.11. The second-order valence-corrected chi connectivity index (χ2v) is 3.23. The van der Waals surface area contributed by atoms with E-state index < -0.39 is 0 Å². The molecule has 0 aromatic heterocycles. The minimum atomic E-state index is 0. The van der Waals surface area contributed by atoms with Crippen molar-refractivity contribution in [1.82, 2.24) is 0 Å². The molecule has 0 aliphatic carbocycles. The van der Waals surface area contributed by atoms with Gasteiger partial charge < -0.3 is 4.90 Å². The van der Waals surface area contributed by atoms with E-state index in [0.29, 0.717) is 5.70 Å². The van der Waals surface area contributed by atoms with Gasteiger partial charge in [0, 0.05) is 32.7 Å². The topological polar surface area (TPSA) is 20.3 Å². The molecule has 1 aromatic rings. The smallest absolute Gasteiger partial charge is 0.186 e. The maximum absolute atomic E-state index is 11.7. The van der Waals surface area contributed by atoms with E-state index in [1.54, 1.807) is 4.90 Å². The van der Waals surface area contributed by atoms with Crippen LogP contribution in [-0.4, -0.2) is 12.8 Å². The number of rotatable bonds is 0. The van der Waals surface area contributed by atoms with Crippen molar-refractivity contribution in [3.05, 3.63) is 41.6 Å². The number of fused-ring (bicyclic) bond motifs is 1. The van der Waals surface area contributed by atoms with Gasteiger partial charge in [-0.15, -0.1) is 5.56 Å². The van der Waals surface area contributed by atoms with E-state index in [9.17, 15) is 4.79 Å². The average molecular weight is 261 g/mol. The molecule has 0 N–H and O–H groups in total. The molecule has 0 amide bonds. The van der Waals surface area contributed by atoms with Crippen LogP contribution in [0.5, 0.6) is 0 Å². The van der Waals surface area contributed by atoms with E-state index in [2.05, 4.69) is 12.6 Å². The van der Waals surface area contributed by atoms with Gasteiger partial charge in [-0.3, -0.25) is 4.79 Å². The van der Waals surface area contributed by atoms with Crippen LogP contribution in [0.3, 0.4) is 0 Å². The summed E-state index contributed by atoms with van der Waals surface area (Å²) in [4.78, 5) is 13.5. The summed E-state index contributed by atoms with van der Waals surface area (Å²) in [6.07, 6.45) is 0. The second-order valence-electron chi connectivity index (χ2n) is 3.23.